The standard InChI is InChI=1S/C11H17BrN2O2/c1-11(2,12)10(16)14-5-3-4-7-8(14)6-13-9(7)15/h7-8H,3-6H2,1-2H3,(H,13,15). The number of fused-ring (bicyclic) bond motifs is 1. The molecule has 2 aliphatic rings. The van der Waals surface area contributed by atoms with Crippen molar-refractivity contribution in [1.29, 1.82) is 0 Å². The summed E-state index contributed by atoms with van der Waals surface area (Å²) in [7, 11) is 0. The summed E-state index contributed by atoms with van der Waals surface area (Å²) in [6.07, 6.45) is 1.83. The van der Waals surface area contributed by atoms with Crippen molar-refractivity contribution in [3.05, 3.63) is 0 Å². The van der Waals surface area contributed by atoms with Crippen molar-refractivity contribution in [3.63, 3.8) is 0 Å². The first-order valence-electron chi connectivity index (χ1n) is 5.69. The highest BCUT2D eigenvalue weighted by atomic mass is 79.9. The molecule has 0 aromatic rings. The Hall–Kier alpha value is -0.580. The van der Waals surface area contributed by atoms with Crippen molar-refractivity contribution in [2.75, 3.05) is 13.1 Å². The number of nitrogens with one attached hydrogen (secondary N) is 1. The van der Waals surface area contributed by atoms with E-state index in [2.05, 4.69) is 21.2 Å². The van der Waals surface area contributed by atoms with Crippen LogP contribution in [0.15, 0.2) is 0 Å². The molecule has 4 nitrogen and oxygen atoms in total. The average molecular weight is 289 g/mol. The fraction of sp³-hybridized carbons (Fsp3) is 0.818. The molecule has 0 bridgehead atoms. The van der Waals surface area contributed by atoms with Gasteiger partial charge in [0.25, 0.3) is 0 Å². The number of alkyl halides is 1. The number of nitrogens with zero attached hydrogens (tertiary/aromatic N) is 1. The van der Waals surface area contributed by atoms with Crippen molar-refractivity contribution < 1.29 is 9.59 Å². The van der Waals surface area contributed by atoms with Gasteiger partial charge in [-0.25, -0.2) is 0 Å². The molecule has 2 saturated heterocycles. The summed E-state index contributed by atoms with van der Waals surface area (Å²) in [4.78, 5) is 25.6. The molecule has 0 spiro atoms. The van der Waals surface area contributed by atoms with Crippen molar-refractivity contribution in [3.8, 4) is 0 Å². The van der Waals surface area contributed by atoms with Gasteiger partial charge in [-0.2, -0.15) is 0 Å². The Morgan fingerprint density at radius 1 is 1.56 bits per heavy atom. The highest BCUT2D eigenvalue weighted by Gasteiger charge is 2.44. The molecule has 2 heterocycles. The Bertz CT molecular complexity index is 324. The zero-order valence-electron chi connectivity index (χ0n) is 9.62. The van der Waals surface area contributed by atoms with Gasteiger partial charge in [0.15, 0.2) is 0 Å². The number of carbonyl (C=O) groups is 2. The second-order valence-corrected chi connectivity index (χ2v) is 7.01. The van der Waals surface area contributed by atoms with Crippen LogP contribution in [-0.4, -0.2) is 40.2 Å². The molecule has 0 aromatic carbocycles. The maximum absolute atomic E-state index is 12.2. The Morgan fingerprint density at radius 3 is 2.88 bits per heavy atom. The van der Waals surface area contributed by atoms with Crippen LogP contribution in [0.4, 0.5) is 0 Å². The van der Waals surface area contributed by atoms with E-state index in [1.54, 1.807) is 0 Å². The number of rotatable bonds is 1. The summed E-state index contributed by atoms with van der Waals surface area (Å²) in [5.74, 6) is 0.195. The van der Waals surface area contributed by atoms with E-state index in [-0.39, 0.29) is 23.8 Å². The molecule has 2 amide bonds. The Kier molecular flexibility index (Phi) is 2.99. The lowest BCUT2D eigenvalue weighted by Crippen LogP contribution is -2.53. The van der Waals surface area contributed by atoms with E-state index >= 15 is 0 Å². The molecular weight excluding hydrogens is 272 g/mol. The number of hydrogen-bond donors (Lipinski definition) is 1. The highest BCUT2D eigenvalue weighted by Crippen LogP contribution is 2.30. The minimum Gasteiger partial charge on any atom is -0.354 e. The van der Waals surface area contributed by atoms with Crippen LogP contribution in [-0.2, 0) is 9.59 Å². The first-order chi connectivity index (χ1) is 7.41. The molecule has 1 N–H and O–H groups in total. The predicted octanol–water partition coefficient (Wildman–Crippen LogP) is 0.897. The Balaban J connectivity index is 2.16. The summed E-state index contributed by atoms with van der Waals surface area (Å²) in [6.45, 7) is 5.08. The number of amides is 2. The fourth-order valence-electron chi connectivity index (χ4n) is 2.55. The number of carbonyl (C=O) groups excluding carboxylic acids is 2. The van der Waals surface area contributed by atoms with Gasteiger partial charge in [0.05, 0.1) is 16.3 Å². The molecule has 0 radical (unpaired) electrons. The van der Waals surface area contributed by atoms with Gasteiger partial charge in [0.2, 0.25) is 11.8 Å². The van der Waals surface area contributed by atoms with Crippen LogP contribution in [0, 0.1) is 5.92 Å². The van der Waals surface area contributed by atoms with Crippen LogP contribution in [0.3, 0.4) is 0 Å². The van der Waals surface area contributed by atoms with Crippen LogP contribution >= 0.6 is 15.9 Å². The van der Waals surface area contributed by atoms with Gasteiger partial charge in [-0.3, -0.25) is 9.59 Å². The first kappa shape index (κ1) is 11.9. The molecular formula is C11H17BrN2O2. The van der Waals surface area contributed by atoms with E-state index in [9.17, 15) is 9.59 Å². The number of likely N-dealkylation sites (tertiary alicyclic amines) is 1. The number of piperidine rings is 1. The minimum atomic E-state index is -0.541. The van der Waals surface area contributed by atoms with Crippen LogP contribution in [0.2, 0.25) is 0 Å². The van der Waals surface area contributed by atoms with Gasteiger partial charge < -0.3 is 10.2 Å². The van der Waals surface area contributed by atoms with E-state index in [1.807, 2.05) is 18.7 Å². The van der Waals surface area contributed by atoms with E-state index in [4.69, 9.17) is 0 Å². The lowest BCUT2D eigenvalue weighted by molar-refractivity contribution is -0.138. The van der Waals surface area contributed by atoms with Crippen molar-refractivity contribution in [2.45, 2.75) is 37.1 Å². The van der Waals surface area contributed by atoms with Crippen molar-refractivity contribution in [1.82, 2.24) is 10.2 Å². The normalized spacial score (nSPS) is 29.9. The van der Waals surface area contributed by atoms with E-state index in [0.717, 1.165) is 19.4 Å². The third-order valence-corrected chi connectivity index (χ3v) is 3.71. The SMILES string of the molecule is CC(C)(Br)C(=O)N1CCCC2C(=O)NCC21. The van der Waals surface area contributed by atoms with Crippen LogP contribution in [0.1, 0.15) is 26.7 Å². The zero-order valence-corrected chi connectivity index (χ0v) is 11.2. The van der Waals surface area contributed by atoms with Gasteiger partial charge >= 0.3 is 0 Å². The number of hydrogen-bond acceptors (Lipinski definition) is 2. The monoisotopic (exact) mass is 288 g/mol. The van der Waals surface area contributed by atoms with Gasteiger partial charge in [0, 0.05) is 13.1 Å². The van der Waals surface area contributed by atoms with Crippen molar-refractivity contribution >= 4 is 27.7 Å². The molecule has 0 aromatic heterocycles. The molecule has 0 aliphatic carbocycles. The van der Waals surface area contributed by atoms with Gasteiger partial charge in [0.1, 0.15) is 0 Å². The van der Waals surface area contributed by atoms with Gasteiger partial charge in [-0.15, -0.1) is 0 Å². The second kappa shape index (κ2) is 4.02. The fourth-order valence-corrected chi connectivity index (χ4v) is 2.77. The minimum absolute atomic E-state index is 0.00699. The molecule has 2 atom stereocenters. The summed E-state index contributed by atoms with van der Waals surface area (Å²) in [5, 5.41) is 2.85. The maximum Gasteiger partial charge on any atom is 0.239 e. The Labute approximate surface area is 104 Å². The average Bonchev–Trinajstić information content (AvgIpc) is 2.58. The predicted molar refractivity (Wildman–Crippen MR) is 64.2 cm³/mol. The largest absolute Gasteiger partial charge is 0.354 e. The maximum atomic E-state index is 12.2. The van der Waals surface area contributed by atoms with E-state index in [1.165, 1.54) is 0 Å². The molecule has 2 unspecified atom stereocenters. The second-order valence-electron chi connectivity index (χ2n) is 5.03. The van der Waals surface area contributed by atoms with Crippen molar-refractivity contribution in [2.24, 2.45) is 5.92 Å². The summed E-state index contributed by atoms with van der Waals surface area (Å²) in [6, 6.07) is 0.0607. The zero-order chi connectivity index (χ0) is 11.9. The highest BCUT2D eigenvalue weighted by molar-refractivity contribution is 9.10. The van der Waals surface area contributed by atoms with Crippen LogP contribution in [0.5, 0.6) is 0 Å². The number of halogens is 1. The molecule has 2 rings (SSSR count). The van der Waals surface area contributed by atoms with Gasteiger partial charge in [-0.05, 0) is 26.7 Å². The molecule has 16 heavy (non-hydrogen) atoms. The lowest BCUT2D eigenvalue weighted by atomic mass is 9.90. The van der Waals surface area contributed by atoms with E-state index in [0.29, 0.717) is 6.54 Å². The lowest BCUT2D eigenvalue weighted by Gasteiger charge is -2.38. The molecule has 5 heteroatoms. The molecule has 0 saturated carbocycles. The van der Waals surface area contributed by atoms with E-state index < -0.39 is 4.32 Å². The smallest absolute Gasteiger partial charge is 0.239 e. The van der Waals surface area contributed by atoms with Crippen LogP contribution < -0.4 is 5.32 Å². The molecule has 2 aliphatic heterocycles. The quantitative estimate of drug-likeness (QED) is 0.729. The topological polar surface area (TPSA) is 49.4 Å². The van der Waals surface area contributed by atoms with Crippen LogP contribution in [0.25, 0.3) is 0 Å². The summed E-state index contributed by atoms with van der Waals surface area (Å²) < 4.78 is -0.541. The summed E-state index contributed by atoms with van der Waals surface area (Å²) in [5.41, 5.74) is 0. The van der Waals surface area contributed by atoms with Gasteiger partial charge in [-0.1, -0.05) is 15.9 Å². The first-order valence-corrected chi connectivity index (χ1v) is 6.48. The summed E-state index contributed by atoms with van der Waals surface area (Å²) >= 11 is 3.40. The third-order valence-electron chi connectivity index (χ3n) is 3.37. The third kappa shape index (κ3) is 1.97. The Morgan fingerprint density at radius 2 is 2.25 bits per heavy atom. The molecule has 90 valence electrons. The molecule has 2 fully saturated rings.